The second-order valence-corrected chi connectivity index (χ2v) is 5.71. The van der Waals surface area contributed by atoms with E-state index in [1.807, 2.05) is 0 Å². The number of amides is 1. The quantitative estimate of drug-likeness (QED) is 0.872. The number of ether oxygens (including phenoxy) is 1. The minimum absolute atomic E-state index is 0.118. The number of alkyl halides is 3. The van der Waals surface area contributed by atoms with E-state index in [9.17, 15) is 18.0 Å². The van der Waals surface area contributed by atoms with Crippen molar-refractivity contribution in [3.05, 3.63) is 52.9 Å². The van der Waals surface area contributed by atoms with Gasteiger partial charge in [0.2, 0.25) is 6.10 Å². The highest BCUT2D eigenvalue weighted by Crippen LogP contribution is 2.38. The van der Waals surface area contributed by atoms with Crippen LogP contribution in [-0.4, -0.2) is 33.3 Å². The van der Waals surface area contributed by atoms with Crippen LogP contribution in [0.5, 0.6) is 5.75 Å². The Balaban J connectivity index is 1.69. The molecule has 2 aromatic rings. The third kappa shape index (κ3) is 2.34. The maximum absolute atomic E-state index is 13.4. The lowest BCUT2D eigenvalue weighted by molar-refractivity contribution is -0.186. The van der Waals surface area contributed by atoms with E-state index in [2.05, 4.69) is 10.2 Å². The summed E-state index contributed by atoms with van der Waals surface area (Å²) in [6, 6.07) is 6.34. The van der Waals surface area contributed by atoms with Crippen molar-refractivity contribution in [3.8, 4) is 5.75 Å². The molecule has 2 aliphatic rings. The topological polar surface area (TPSA) is 58.2 Å². The summed E-state index contributed by atoms with van der Waals surface area (Å²) in [5.74, 6) is -0.566. The first-order chi connectivity index (χ1) is 11.4. The van der Waals surface area contributed by atoms with Crippen molar-refractivity contribution in [2.75, 3.05) is 0 Å². The summed E-state index contributed by atoms with van der Waals surface area (Å²) in [6.45, 7) is 0.436. The summed E-state index contributed by atoms with van der Waals surface area (Å²) in [7, 11) is 0. The normalized spacial score (nSPS) is 19.4. The van der Waals surface area contributed by atoms with Crippen LogP contribution in [0.25, 0.3) is 6.08 Å². The van der Waals surface area contributed by atoms with Crippen molar-refractivity contribution >= 4 is 12.0 Å². The maximum atomic E-state index is 13.4. The Bertz CT molecular complexity index is 821. The van der Waals surface area contributed by atoms with Gasteiger partial charge in [0.15, 0.2) is 0 Å². The van der Waals surface area contributed by atoms with Crippen molar-refractivity contribution in [1.29, 1.82) is 0 Å². The van der Waals surface area contributed by atoms with E-state index in [-0.39, 0.29) is 18.8 Å². The Morgan fingerprint density at radius 2 is 2.08 bits per heavy atom. The average Bonchev–Trinajstić information content (AvgIpc) is 3.13. The molecule has 1 atom stereocenters. The summed E-state index contributed by atoms with van der Waals surface area (Å²) in [5.41, 5.74) is 1.61. The van der Waals surface area contributed by atoms with Crippen LogP contribution in [0.3, 0.4) is 0 Å². The first-order valence-electron chi connectivity index (χ1n) is 7.28. The van der Waals surface area contributed by atoms with Crippen LogP contribution in [0.15, 0.2) is 36.0 Å². The number of H-pyrrole nitrogens is 1. The van der Waals surface area contributed by atoms with Crippen LogP contribution in [-0.2, 0) is 17.9 Å². The first-order valence-corrected chi connectivity index (χ1v) is 7.28. The van der Waals surface area contributed by atoms with Crippen molar-refractivity contribution < 1.29 is 22.7 Å². The fourth-order valence-corrected chi connectivity index (χ4v) is 2.95. The molecule has 0 aliphatic carbocycles. The molecule has 0 bridgehead atoms. The van der Waals surface area contributed by atoms with E-state index >= 15 is 0 Å². The van der Waals surface area contributed by atoms with Crippen molar-refractivity contribution in [2.45, 2.75) is 25.4 Å². The third-order valence-corrected chi connectivity index (χ3v) is 4.11. The standard InChI is InChI=1S/C16H12F3N3O2/c17-16(18,19)14-11(5-9-3-1-2-4-13(9)24-14)15(23)22-7-10-6-20-21-12(10)8-22/h1-6,14H,7-8H2,(H,20,21). The van der Waals surface area contributed by atoms with Gasteiger partial charge in [0.1, 0.15) is 5.75 Å². The summed E-state index contributed by atoms with van der Waals surface area (Å²) >= 11 is 0. The van der Waals surface area contributed by atoms with Gasteiger partial charge in [-0.2, -0.15) is 18.3 Å². The van der Waals surface area contributed by atoms with Crippen LogP contribution < -0.4 is 4.74 Å². The minimum atomic E-state index is -4.68. The largest absolute Gasteiger partial charge is 0.475 e. The highest BCUT2D eigenvalue weighted by atomic mass is 19.4. The highest BCUT2D eigenvalue weighted by Gasteiger charge is 2.49. The zero-order valence-corrected chi connectivity index (χ0v) is 12.3. The number of aromatic amines is 1. The van der Waals surface area contributed by atoms with Gasteiger partial charge >= 0.3 is 6.18 Å². The van der Waals surface area contributed by atoms with Gasteiger partial charge in [0.25, 0.3) is 5.91 Å². The van der Waals surface area contributed by atoms with E-state index in [1.54, 1.807) is 24.4 Å². The molecule has 3 heterocycles. The number of nitrogens with one attached hydrogen (secondary N) is 1. The van der Waals surface area contributed by atoms with Crippen LogP contribution in [0.2, 0.25) is 0 Å². The van der Waals surface area contributed by atoms with Gasteiger partial charge in [-0.1, -0.05) is 18.2 Å². The number of halogens is 3. The molecule has 0 saturated heterocycles. The molecule has 1 aromatic carbocycles. The predicted octanol–water partition coefficient (Wildman–Crippen LogP) is 2.66. The van der Waals surface area contributed by atoms with Crippen LogP contribution >= 0.6 is 0 Å². The summed E-state index contributed by atoms with van der Waals surface area (Å²) in [5, 5.41) is 6.60. The number of benzene rings is 1. The van der Waals surface area contributed by atoms with Gasteiger partial charge in [-0.05, 0) is 12.1 Å². The zero-order chi connectivity index (χ0) is 16.9. The summed E-state index contributed by atoms with van der Waals surface area (Å²) in [4.78, 5) is 14.0. The molecule has 0 radical (unpaired) electrons. The Kier molecular flexibility index (Phi) is 3.16. The SMILES string of the molecule is O=C(C1=Cc2ccccc2OC1C(F)(F)F)N1Cc2cn[nH]c2C1. The zero-order valence-electron chi connectivity index (χ0n) is 12.3. The van der Waals surface area contributed by atoms with Crippen molar-refractivity contribution in [3.63, 3.8) is 0 Å². The fraction of sp³-hybridized carbons (Fsp3) is 0.250. The van der Waals surface area contributed by atoms with Gasteiger partial charge in [-0.25, -0.2) is 0 Å². The number of carbonyl (C=O) groups is 1. The number of rotatable bonds is 1. The van der Waals surface area contributed by atoms with E-state index in [0.29, 0.717) is 5.56 Å². The Labute approximate surface area is 134 Å². The lowest BCUT2D eigenvalue weighted by Gasteiger charge is -2.30. The molecule has 0 saturated carbocycles. The number of nitrogens with zero attached hydrogens (tertiary/aromatic N) is 2. The fourth-order valence-electron chi connectivity index (χ4n) is 2.95. The molecule has 24 heavy (non-hydrogen) atoms. The number of fused-ring (bicyclic) bond motifs is 2. The Morgan fingerprint density at radius 3 is 2.83 bits per heavy atom. The molecule has 1 unspecified atom stereocenters. The minimum Gasteiger partial charge on any atom is -0.475 e. The molecule has 4 rings (SSSR count). The number of para-hydroxylation sites is 1. The van der Waals surface area contributed by atoms with Gasteiger partial charge in [0, 0.05) is 17.7 Å². The molecular weight excluding hydrogens is 323 g/mol. The number of carbonyl (C=O) groups excluding carboxylic acids is 1. The predicted molar refractivity (Wildman–Crippen MR) is 77.7 cm³/mol. The average molecular weight is 335 g/mol. The van der Waals surface area contributed by atoms with Crippen LogP contribution in [0, 0.1) is 0 Å². The second-order valence-electron chi connectivity index (χ2n) is 5.71. The van der Waals surface area contributed by atoms with Crippen molar-refractivity contribution in [2.24, 2.45) is 0 Å². The molecule has 1 N–H and O–H groups in total. The van der Waals surface area contributed by atoms with Gasteiger partial charge in [-0.3, -0.25) is 9.89 Å². The lowest BCUT2D eigenvalue weighted by Crippen LogP contribution is -2.43. The summed E-state index contributed by atoms with van der Waals surface area (Å²) < 4.78 is 45.2. The van der Waals surface area contributed by atoms with E-state index in [1.165, 1.54) is 17.0 Å². The molecule has 1 aromatic heterocycles. The number of hydrogen-bond acceptors (Lipinski definition) is 3. The second kappa shape index (κ2) is 5.12. The van der Waals surface area contributed by atoms with Crippen LogP contribution in [0.4, 0.5) is 13.2 Å². The molecule has 5 nitrogen and oxygen atoms in total. The van der Waals surface area contributed by atoms with Crippen LogP contribution in [0.1, 0.15) is 16.8 Å². The van der Waals surface area contributed by atoms with Gasteiger partial charge in [-0.15, -0.1) is 0 Å². The molecule has 2 aliphatic heterocycles. The third-order valence-electron chi connectivity index (χ3n) is 4.11. The van der Waals surface area contributed by atoms with E-state index in [0.717, 1.165) is 11.3 Å². The smallest absolute Gasteiger partial charge is 0.429 e. The monoisotopic (exact) mass is 335 g/mol. The first kappa shape index (κ1) is 14.8. The molecule has 0 fully saturated rings. The molecule has 0 spiro atoms. The summed E-state index contributed by atoms with van der Waals surface area (Å²) in [6.07, 6.45) is -4.10. The Morgan fingerprint density at radius 1 is 1.29 bits per heavy atom. The maximum Gasteiger partial charge on any atom is 0.429 e. The molecule has 1 amide bonds. The van der Waals surface area contributed by atoms with Gasteiger partial charge in [0.05, 0.1) is 24.0 Å². The van der Waals surface area contributed by atoms with E-state index < -0.39 is 23.8 Å². The van der Waals surface area contributed by atoms with Crippen molar-refractivity contribution in [1.82, 2.24) is 15.1 Å². The van der Waals surface area contributed by atoms with Gasteiger partial charge < -0.3 is 9.64 Å². The number of aromatic nitrogens is 2. The molecule has 8 heteroatoms. The lowest BCUT2D eigenvalue weighted by atomic mass is 10.00. The molecule has 124 valence electrons. The Hall–Kier alpha value is -2.77. The molecular formula is C16H12F3N3O2. The van der Waals surface area contributed by atoms with E-state index in [4.69, 9.17) is 4.74 Å². The number of hydrogen-bond donors (Lipinski definition) is 1. The highest BCUT2D eigenvalue weighted by molar-refractivity contribution is 6.00.